The molecule has 2 fully saturated rings. The number of halogens is 2. The Kier molecular flexibility index (Phi) is 6.22. The number of aromatic nitrogens is 4. The van der Waals surface area contributed by atoms with E-state index in [-0.39, 0.29) is 12.1 Å². The van der Waals surface area contributed by atoms with Gasteiger partial charge in [0.1, 0.15) is 17.6 Å². The number of rotatable bonds is 9. The van der Waals surface area contributed by atoms with E-state index in [9.17, 15) is 11.0 Å². The van der Waals surface area contributed by atoms with E-state index in [0.29, 0.717) is 50.0 Å². The van der Waals surface area contributed by atoms with E-state index in [1.165, 1.54) is 12.1 Å². The third-order valence-corrected chi connectivity index (χ3v) is 7.97. The van der Waals surface area contributed by atoms with Crippen LogP contribution in [0.3, 0.4) is 0 Å². The van der Waals surface area contributed by atoms with E-state index >= 15 is 0 Å². The topological polar surface area (TPSA) is 91.5 Å². The maximum atomic E-state index is 13.9. The van der Waals surface area contributed by atoms with Gasteiger partial charge in [0.15, 0.2) is 0 Å². The van der Waals surface area contributed by atoms with Crippen molar-refractivity contribution in [2.24, 2.45) is 5.92 Å². The van der Waals surface area contributed by atoms with Crippen molar-refractivity contribution in [3.8, 4) is 6.07 Å². The SMILES string of the molecule is [2H]C(Nc1cc(Cl)c2ncc(C#N)c(NC(c3ccccc3)C3CC3)c2c1)(c1ccc(F)cc1)c1cn(C2CC2)nn1. The third-order valence-electron chi connectivity index (χ3n) is 7.69. The Morgan fingerprint density at radius 3 is 2.51 bits per heavy atom. The number of anilines is 2. The first-order valence-corrected chi connectivity index (χ1v) is 14.1. The summed E-state index contributed by atoms with van der Waals surface area (Å²) in [7, 11) is 0. The molecule has 0 spiro atoms. The molecule has 204 valence electrons. The lowest BCUT2D eigenvalue weighted by Gasteiger charge is -2.23. The molecular formula is C32H27ClFN7. The summed E-state index contributed by atoms with van der Waals surface area (Å²) in [6.45, 7) is 0. The standard InChI is InChI=1S/C32H27ClFN7/c33-27-15-24(37-31(21-8-10-23(34)11-9-21)28-18-41(40-39-28)25-12-13-25)14-26-30(22(16-35)17-36-32(26)27)38-29(20-6-7-20)19-4-2-1-3-5-19/h1-5,8-11,14-15,17-18,20,25,29,31,37H,6-7,12-13H2,(H,36,38)/i31D. The molecule has 2 heterocycles. The maximum Gasteiger partial charge on any atom is 0.123 e. The van der Waals surface area contributed by atoms with Crippen molar-refractivity contribution in [1.29, 1.82) is 5.26 Å². The normalized spacial score (nSPS) is 17.3. The summed E-state index contributed by atoms with van der Waals surface area (Å²) in [6, 6.07) is 20.5. The predicted octanol–water partition coefficient (Wildman–Crippen LogP) is 7.59. The molecule has 0 amide bonds. The van der Waals surface area contributed by atoms with Crippen molar-refractivity contribution in [3.63, 3.8) is 0 Å². The number of benzene rings is 3. The summed E-state index contributed by atoms with van der Waals surface area (Å²) in [4.78, 5) is 4.51. The lowest BCUT2D eigenvalue weighted by atomic mass is 10.00. The molecule has 41 heavy (non-hydrogen) atoms. The molecule has 0 saturated heterocycles. The largest absolute Gasteiger partial charge is 0.376 e. The van der Waals surface area contributed by atoms with E-state index in [2.05, 4.69) is 44.1 Å². The van der Waals surface area contributed by atoms with Gasteiger partial charge in [0.25, 0.3) is 0 Å². The average molecular weight is 565 g/mol. The Balaban J connectivity index is 1.33. The Morgan fingerprint density at radius 2 is 1.80 bits per heavy atom. The van der Waals surface area contributed by atoms with Crippen LogP contribution in [-0.2, 0) is 0 Å². The van der Waals surface area contributed by atoms with E-state index in [1.807, 2.05) is 24.3 Å². The van der Waals surface area contributed by atoms with Gasteiger partial charge in [-0.1, -0.05) is 59.3 Å². The second kappa shape index (κ2) is 10.5. The predicted molar refractivity (Wildman–Crippen MR) is 157 cm³/mol. The third kappa shape index (κ3) is 5.21. The number of nitrogens with one attached hydrogen (secondary N) is 2. The van der Waals surface area contributed by atoms with Crippen LogP contribution in [0.5, 0.6) is 0 Å². The molecule has 2 aliphatic carbocycles. The molecule has 0 bridgehead atoms. The quantitative estimate of drug-likeness (QED) is 0.192. The van der Waals surface area contributed by atoms with Gasteiger partial charge in [0.2, 0.25) is 0 Å². The number of hydrogen-bond donors (Lipinski definition) is 2. The molecule has 2 aromatic heterocycles. The number of nitrogens with zero attached hydrogens (tertiary/aromatic N) is 5. The van der Waals surface area contributed by atoms with Gasteiger partial charge in [-0.25, -0.2) is 9.07 Å². The molecule has 2 atom stereocenters. The molecule has 7 rings (SSSR count). The molecule has 7 nitrogen and oxygen atoms in total. The molecule has 0 aliphatic heterocycles. The van der Waals surface area contributed by atoms with Gasteiger partial charge in [-0.2, -0.15) is 5.26 Å². The molecule has 5 aromatic rings. The van der Waals surface area contributed by atoms with Gasteiger partial charge >= 0.3 is 0 Å². The highest BCUT2D eigenvalue weighted by atomic mass is 35.5. The van der Waals surface area contributed by atoms with Gasteiger partial charge in [0, 0.05) is 17.3 Å². The fraction of sp³-hybridized carbons (Fsp3) is 0.250. The van der Waals surface area contributed by atoms with E-state index in [0.717, 1.165) is 31.2 Å². The smallest absolute Gasteiger partial charge is 0.123 e. The van der Waals surface area contributed by atoms with Crippen LogP contribution in [0.4, 0.5) is 15.8 Å². The highest BCUT2D eigenvalue weighted by Crippen LogP contribution is 2.45. The highest BCUT2D eigenvalue weighted by molar-refractivity contribution is 6.35. The lowest BCUT2D eigenvalue weighted by Crippen LogP contribution is -2.15. The van der Waals surface area contributed by atoms with E-state index < -0.39 is 11.8 Å². The molecule has 3 aromatic carbocycles. The summed E-state index contributed by atoms with van der Waals surface area (Å²) in [6.07, 6.45) is 7.56. The zero-order chi connectivity index (χ0) is 28.8. The van der Waals surface area contributed by atoms with Gasteiger partial charge in [-0.05, 0) is 67.0 Å². The molecular weight excluding hydrogens is 537 g/mol. The van der Waals surface area contributed by atoms with Crippen LogP contribution in [-0.4, -0.2) is 20.0 Å². The Hall–Kier alpha value is -4.48. The summed E-state index contributed by atoms with van der Waals surface area (Å²) in [5, 5.41) is 26.7. The molecule has 0 radical (unpaired) electrons. The Morgan fingerprint density at radius 1 is 1.02 bits per heavy atom. The van der Waals surface area contributed by atoms with Crippen molar-refractivity contribution >= 4 is 33.9 Å². The lowest BCUT2D eigenvalue weighted by molar-refractivity contribution is 0.610. The van der Waals surface area contributed by atoms with Gasteiger partial charge in [-0.3, -0.25) is 4.98 Å². The number of hydrogen-bond acceptors (Lipinski definition) is 6. The minimum Gasteiger partial charge on any atom is -0.376 e. The van der Waals surface area contributed by atoms with Gasteiger partial charge in [0.05, 0.1) is 47.5 Å². The van der Waals surface area contributed by atoms with Crippen LogP contribution in [0, 0.1) is 23.1 Å². The molecule has 2 N–H and O–H groups in total. The summed E-state index contributed by atoms with van der Waals surface area (Å²) < 4.78 is 25.3. The minimum atomic E-state index is -1.60. The van der Waals surface area contributed by atoms with Crippen LogP contribution in [0.1, 0.15) is 67.5 Å². The van der Waals surface area contributed by atoms with Crippen molar-refractivity contribution in [1.82, 2.24) is 20.0 Å². The van der Waals surface area contributed by atoms with Crippen LogP contribution in [0.2, 0.25) is 5.02 Å². The summed E-state index contributed by atoms with van der Waals surface area (Å²) in [5.41, 5.74) is 4.12. The molecule has 2 unspecified atom stereocenters. The first kappa shape index (κ1) is 24.3. The van der Waals surface area contributed by atoms with Crippen molar-refractivity contribution in [3.05, 3.63) is 112 Å². The first-order valence-electron chi connectivity index (χ1n) is 14.2. The number of fused-ring (bicyclic) bond motifs is 1. The monoisotopic (exact) mass is 564 g/mol. The number of nitriles is 1. The average Bonchev–Trinajstić information content (AvgIpc) is 3.95. The Bertz CT molecular complexity index is 1810. The van der Waals surface area contributed by atoms with Crippen LogP contribution in [0.15, 0.2) is 79.1 Å². The Labute approximate surface area is 243 Å². The summed E-state index contributed by atoms with van der Waals surface area (Å²) >= 11 is 6.80. The maximum absolute atomic E-state index is 13.9. The van der Waals surface area contributed by atoms with E-state index in [1.54, 1.807) is 35.3 Å². The second-order valence-electron chi connectivity index (χ2n) is 10.7. The van der Waals surface area contributed by atoms with Crippen molar-refractivity contribution in [2.75, 3.05) is 10.6 Å². The second-order valence-corrected chi connectivity index (χ2v) is 11.1. The van der Waals surface area contributed by atoms with Gasteiger partial charge in [-0.15, -0.1) is 5.10 Å². The molecule has 2 saturated carbocycles. The molecule has 2 aliphatic rings. The first-order chi connectivity index (χ1) is 20.4. The number of pyridine rings is 1. The zero-order valence-corrected chi connectivity index (χ0v) is 22.8. The van der Waals surface area contributed by atoms with Crippen LogP contribution in [0.25, 0.3) is 10.9 Å². The minimum absolute atomic E-state index is 0.0197. The van der Waals surface area contributed by atoms with Crippen molar-refractivity contribution in [2.45, 2.75) is 43.8 Å². The fourth-order valence-electron chi connectivity index (χ4n) is 5.24. The zero-order valence-electron chi connectivity index (χ0n) is 23.1. The van der Waals surface area contributed by atoms with Crippen molar-refractivity contribution < 1.29 is 5.76 Å². The van der Waals surface area contributed by atoms with Crippen LogP contribution >= 0.6 is 11.6 Å². The summed E-state index contributed by atoms with van der Waals surface area (Å²) in [5.74, 6) is 0.0540. The fourth-order valence-corrected chi connectivity index (χ4v) is 5.51. The van der Waals surface area contributed by atoms with E-state index in [4.69, 9.17) is 11.6 Å². The highest BCUT2D eigenvalue weighted by Gasteiger charge is 2.33. The molecule has 9 heteroatoms. The van der Waals surface area contributed by atoms with Crippen LogP contribution < -0.4 is 10.6 Å². The van der Waals surface area contributed by atoms with Gasteiger partial charge < -0.3 is 10.6 Å².